The number of anilines is 1. The topological polar surface area (TPSA) is 105 Å². The standard InChI is InChI=1S/C25H33Cl2N3O6S/c1-16(2)13-28-25(32)17(3)29(14-19-20(26)8-7-9-21(19)27)24(31)15-30(37(6,33)34)22-11-10-18(35-4)12-23(22)36-5/h7-12,16-17H,13-15H2,1-6H3,(H,28,32)/t17-/m1/s1. The molecule has 2 amide bonds. The normalized spacial score (nSPS) is 12.1. The molecule has 1 atom stereocenters. The Bertz CT molecular complexity index is 1200. The number of benzene rings is 2. The molecule has 0 spiro atoms. The van der Waals surface area contributed by atoms with E-state index in [4.69, 9.17) is 32.7 Å². The van der Waals surface area contributed by atoms with E-state index >= 15 is 0 Å². The summed E-state index contributed by atoms with van der Waals surface area (Å²) in [6.45, 7) is 5.18. The second kappa shape index (κ2) is 13.2. The van der Waals surface area contributed by atoms with Crippen LogP contribution in [-0.2, 0) is 26.2 Å². The number of carbonyl (C=O) groups is 2. The van der Waals surface area contributed by atoms with E-state index in [9.17, 15) is 18.0 Å². The van der Waals surface area contributed by atoms with Gasteiger partial charge in [-0.2, -0.15) is 0 Å². The Kier molecular flexibility index (Phi) is 10.9. The third kappa shape index (κ3) is 8.15. The Morgan fingerprint density at radius 1 is 1.03 bits per heavy atom. The van der Waals surface area contributed by atoms with Crippen molar-refractivity contribution in [2.75, 3.05) is 37.9 Å². The molecule has 0 heterocycles. The monoisotopic (exact) mass is 573 g/mol. The van der Waals surface area contributed by atoms with Crippen LogP contribution in [0.2, 0.25) is 10.0 Å². The van der Waals surface area contributed by atoms with E-state index in [1.165, 1.54) is 31.3 Å². The Labute approximate surface area is 228 Å². The van der Waals surface area contributed by atoms with Gasteiger partial charge < -0.3 is 19.7 Å². The highest BCUT2D eigenvalue weighted by Gasteiger charge is 2.32. The zero-order chi connectivity index (χ0) is 27.9. The first-order valence-corrected chi connectivity index (χ1v) is 14.1. The Morgan fingerprint density at radius 2 is 1.65 bits per heavy atom. The van der Waals surface area contributed by atoms with E-state index in [0.717, 1.165) is 10.6 Å². The minimum Gasteiger partial charge on any atom is -0.497 e. The highest BCUT2D eigenvalue weighted by molar-refractivity contribution is 7.92. The zero-order valence-electron chi connectivity index (χ0n) is 21.7. The van der Waals surface area contributed by atoms with Crippen LogP contribution in [0.4, 0.5) is 5.69 Å². The lowest BCUT2D eigenvalue weighted by atomic mass is 10.1. The third-order valence-electron chi connectivity index (χ3n) is 5.58. The molecule has 0 fully saturated rings. The molecule has 0 saturated heterocycles. The predicted octanol–water partition coefficient (Wildman–Crippen LogP) is 3.97. The quantitative estimate of drug-likeness (QED) is 0.412. The molecule has 0 aliphatic heterocycles. The van der Waals surface area contributed by atoms with Crippen LogP contribution in [-0.4, -0.2) is 64.7 Å². The molecule has 1 N–H and O–H groups in total. The van der Waals surface area contributed by atoms with Gasteiger partial charge in [0.2, 0.25) is 21.8 Å². The molecule has 37 heavy (non-hydrogen) atoms. The molecule has 0 radical (unpaired) electrons. The minimum atomic E-state index is -3.94. The first kappa shape index (κ1) is 30.5. The van der Waals surface area contributed by atoms with Gasteiger partial charge in [0.05, 0.1) is 26.2 Å². The van der Waals surface area contributed by atoms with Crippen molar-refractivity contribution in [2.45, 2.75) is 33.4 Å². The summed E-state index contributed by atoms with van der Waals surface area (Å²) in [5.74, 6) is -0.182. The van der Waals surface area contributed by atoms with Crippen LogP contribution in [0.1, 0.15) is 26.3 Å². The number of sulfonamides is 1. The van der Waals surface area contributed by atoms with Gasteiger partial charge in [0.25, 0.3) is 0 Å². The van der Waals surface area contributed by atoms with Gasteiger partial charge in [0.1, 0.15) is 24.1 Å². The van der Waals surface area contributed by atoms with Crippen molar-refractivity contribution in [3.8, 4) is 11.5 Å². The van der Waals surface area contributed by atoms with Crippen molar-refractivity contribution in [3.05, 3.63) is 52.0 Å². The van der Waals surface area contributed by atoms with Crippen LogP contribution in [0.3, 0.4) is 0 Å². The number of nitrogens with zero attached hydrogens (tertiary/aromatic N) is 2. The Balaban J connectivity index is 2.50. The number of methoxy groups -OCH3 is 2. The van der Waals surface area contributed by atoms with Gasteiger partial charge in [-0.3, -0.25) is 13.9 Å². The molecule has 0 unspecified atom stereocenters. The van der Waals surface area contributed by atoms with E-state index in [-0.39, 0.29) is 23.9 Å². The van der Waals surface area contributed by atoms with Crippen molar-refractivity contribution >= 4 is 50.7 Å². The van der Waals surface area contributed by atoms with E-state index < -0.39 is 34.4 Å². The minimum absolute atomic E-state index is 0.106. The molecule has 0 aromatic heterocycles. The summed E-state index contributed by atoms with van der Waals surface area (Å²) in [7, 11) is -1.09. The number of amides is 2. The molecule has 0 aliphatic rings. The molecule has 2 aromatic carbocycles. The largest absolute Gasteiger partial charge is 0.497 e. The van der Waals surface area contributed by atoms with E-state index in [2.05, 4.69) is 5.32 Å². The summed E-state index contributed by atoms with van der Waals surface area (Å²) < 4.78 is 37.1. The van der Waals surface area contributed by atoms with Crippen LogP contribution in [0.15, 0.2) is 36.4 Å². The van der Waals surface area contributed by atoms with Crippen LogP contribution in [0.5, 0.6) is 11.5 Å². The molecule has 204 valence electrons. The highest BCUT2D eigenvalue weighted by atomic mass is 35.5. The first-order chi connectivity index (χ1) is 17.3. The number of rotatable bonds is 12. The van der Waals surface area contributed by atoms with Gasteiger partial charge in [-0.1, -0.05) is 43.1 Å². The van der Waals surface area contributed by atoms with Crippen molar-refractivity contribution in [2.24, 2.45) is 5.92 Å². The van der Waals surface area contributed by atoms with Gasteiger partial charge in [-0.15, -0.1) is 0 Å². The van der Waals surface area contributed by atoms with Crippen LogP contribution >= 0.6 is 23.2 Å². The third-order valence-corrected chi connectivity index (χ3v) is 7.41. The molecule has 2 aromatic rings. The summed E-state index contributed by atoms with van der Waals surface area (Å²) in [6, 6.07) is 8.53. The molecule has 0 bridgehead atoms. The van der Waals surface area contributed by atoms with E-state index in [1.54, 1.807) is 31.2 Å². The summed E-state index contributed by atoms with van der Waals surface area (Å²) in [4.78, 5) is 27.9. The van der Waals surface area contributed by atoms with Gasteiger partial charge in [0, 0.05) is 34.8 Å². The fourth-order valence-electron chi connectivity index (χ4n) is 3.47. The fraction of sp³-hybridized carbons (Fsp3) is 0.440. The summed E-state index contributed by atoms with van der Waals surface area (Å²) in [5, 5.41) is 3.45. The lowest BCUT2D eigenvalue weighted by Gasteiger charge is -2.32. The van der Waals surface area contributed by atoms with Crippen molar-refractivity contribution in [3.63, 3.8) is 0 Å². The lowest BCUT2D eigenvalue weighted by Crippen LogP contribution is -2.51. The molecular weight excluding hydrogens is 541 g/mol. The molecule has 9 nitrogen and oxygen atoms in total. The number of ether oxygens (including phenoxy) is 2. The summed E-state index contributed by atoms with van der Waals surface area (Å²) in [6.07, 6.45) is 0.984. The maximum absolute atomic E-state index is 13.7. The van der Waals surface area contributed by atoms with Gasteiger partial charge >= 0.3 is 0 Å². The fourth-order valence-corrected chi connectivity index (χ4v) is 4.84. The van der Waals surface area contributed by atoms with Crippen LogP contribution in [0.25, 0.3) is 0 Å². The van der Waals surface area contributed by atoms with E-state index in [1.807, 2.05) is 13.8 Å². The number of hydrogen-bond donors (Lipinski definition) is 1. The molecular formula is C25H33Cl2N3O6S. The summed E-state index contributed by atoms with van der Waals surface area (Å²) >= 11 is 12.7. The number of hydrogen-bond acceptors (Lipinski definition) is 6. The molecule has 12 heteroatoms. The van der Waals surface area contributed by atoms with Gasteiger partial charge in [-0.25, -0.2) is 8.42 Å². The molecule has 2 rings (SSSR count). The number of nitrogens with one attached hydrogen (secondary N) is 1. The second-order valence-corrected chi connectivity index (χ2v) is 11.6. The van der Waals surface area contributed by atoms with E-state index in [0.29, 0.717) is 27.9 Å². The maximum atomic E-state index is 13.7. The number of halogens is 2. The first-order valence-electron chi connectivity index (χ1n) is 11.5. The van der Waals surface area contributed by atoms with Gasteiger partial charge in [-0.05, 0) is 37.1 Å². The van der Waals surface area contributed by atoms with Crippen molar-refractivity contribution in [1.82, 2.24) is 10.2 Å². The van der Waals surface area contributed by atoms with Gasteiger partial charge in [0.15, 0.2) is 0 Å². The summed E-state index contributed by atoms with van der Waals surface area (Å²) in [5.41, 5.74) is 0.586. The average Bonchev–Trinajstić information content (AvgIpc) is 2.84. The number of carbonyl (C=O) groups excluding carboxylic acids is 2. The molecule has 0 aliphatic carbocycles. The highest BCUT2D eigenvalue weighted by Crippen LogP contribution is 2.34. The SMILES string of the molecule is COc1ccc(N(CC(=O)N(Cc2c(Cl)cccc2Cl)[C@H](C)C(=O)NCC(C)C)S(C)(=O)=O)c(OC)c1. The lowest BCUT2D eigenvalue weighted by molar-refractivity contribution is -0.139. The molecule has 0 saturated carbocycles. The maximum Gasteiger partial charge on any atom is 0.244 e. The van der Waals surface area contributed by atoms with Crippen molar-refractivity contribution < 1.29 is 27.5 Å². The Morgan fingerprint density at radius 3 is 2.16 bits per heavy atom. The smallest absolute Gasteiger partial charge is 0.244 e. The predicted molar refractivity (Wildman–Crippen MR) is 146 cm³/mol. The Hall–Kier alpha value is -2.69. The van der Waals surface area contributed by atoms with Crippen LogP contribution < -0.4 is 19.1 Å². The van der Waals surface area contributed by atoms with Crippen LogP contribution in [0, 0.1) is 5.92 Å². The zero-order valence-corrected chi connectivity index (χ0v) is 24.1. The average molecular weight is 575 g/mol. The van der Waals surface area contributed by atoms with Crippen molar-refractivity contribution in [1.29, 1.82) is 0 Å². The second-order valence-electron chi connectivity index (χ2n) is 8.84.